The number of para-hydroxylation sites is 1. The molecule has 0 saturated carbocycles. The lowest BCUT2D eigenvalue weighted by molar-refractivity contribution is 0.0967. The summed E-state index contributed by atoms with van der Waals surface area (Å²) < 4.78 is 26.4. The summed E-state index contributed by atoms with van der Waals surface area (Å²) >= 11 is 0. The maximum absolute atomic E-state index is 13.6. The molecule has 19 heavy (non-hydrogen) atoms. The van der Waals surface area contributed by atoms with Crippen molar-refractivity contribution < 1.29 is 13.6 Å². The number of fused-ring (bicyclic) bond motifs is 1. The Morgan fingerprint density at radius 3 is 2.68 bits per heavy atom. The molecule has 1 aliphatic heterocycles. The van der Waals surface area contributed by atoms with Crippen LogP contribution < -0.4 is 5.32 Å². The molecule has 0 aliphatic carbocycles. The number of ketones is 1. The van der Waals surface area contributed by atoms with Gasteiger partial charge in [0.05, 0.1) is 11.6 Å². The number of hydrogen-bond acceptors (Lipinski definition) is 2. The first-order chi connectivity index (χ1) is 9.15. The van der Waals surface area contributed by atoms with Crippen molar-refractivity contribution in [3.05, 3.63) is 65.2 Å². The maximum atomic E-state index is 13.6. The van der Waals surface area contributed by atoms with Crippen molar-refractivity contribution in [3.63, 3.8) is 0 Å². The van der Waals surface area contributed by atoms with Crippen molar-refractivity contribution in [2.45, 2.75) is 12.5 Å². The molecule has 4 heteroatoms. The number of halogens is 2. The maximum Gasteiger partial charge on any atom is 0.188 e. The van der Waals surface area contributed by atoms with E-state index in [1.807, 2.05) is 24.3 Å². The molecule has 2 aromatic rings. The fourth-order valence-electron chi connectivity index (χ4n) is 2.33. The van der Waals surface area contributed by atoms with Crippen molar-refractivity contribution in [2.75, 3.05) is 5.32 Å². The third-order valence-corrected chi connectivity index (χ3v) is 3.28. The molecule has 1 heterocycles. The highest BCUT2D eigenvalue weighted by Gasteiger charge is 2.28. The van der Waals surface area contributed by atoms with Gasteiger partial charge in [0.1, 0.15) is 11.6 Å². The molecular weight excluding hydrogens is 248 g/mol. The number of carbonyl (C=O) groups is 1. The van der Waals surface area contributed by atoms with E-state index in [-0.39, 0.29) is 11.3 Å². The first kappa shape index (κ1) is 11.8. The molecule has 0 fully saturated rings. The summed E-state index contributed by atoms with van der Waals surface area (Å²) in [5, 5.41) is 3.06. The first-order valence-electron chi connectivity index (χ1n) is 5.99. The Labute approximate surface area is 109 Å². The molecule has 0 radical (unpaired) electrons. The normalized spacial score (nSPS) is 16.8. The van der Waals surface area contributed by atoms with Crippen molar-refractivity contribution in [3.8, 4) is 0 Å². The van der Waals surface area contributed by atoms with Gasteiger partial charge < -0.3 is 5.32 Å². The molecule has 0 bridgehead atoms. The lowest BCUT2D eigenvalue weighted by Gasteiger charge is -2.10. The number of anilines is 1. The van der Waals surface area contributed by atoms with Gasteiger partial charge in [-0.3, -0.25) is 4.79 Å². The third kappa shape index (κ3) is 2.10. The van der Waals surface area contributed by atoms with E-state index in [0.29, 0.717) is 6.42 Å². The largest absolute Gasteiger partial charge is 0.374 e. The number of carbonyl (C=O) groups excluding carboxylic acids is 1. The quantitative estimate of drug-likeness (QED) is 0.839. The zero-order valence-corrected chi connectivity index (χ0v) is 9.99. The molecule has 3 rings (SSSR count). The number of hydrogen-bond donors (Lipinski definition) is 1. The van der Waals surface area contributed by atoms with Crippen LogP contribution in [0.4, 0.5) is 14.5 Å². The topological polar surface area (TPSA) is 29.1 Å². The number of benzene rings is 2. The van der Waals surface area contributed by atoms with Crippen LogP contribution in [0.2, 0.25) is 0 Å². The summed E-state index contributed by atoms with van der Waals surface area (Å²) in [5.74, 6) is -1.85. The molecule has 2 aromatic carbocycles. The van der Waals surface area contributed by atoms with Crippen molar-refractivity contribution in [2.24, 2.45) is 0 Å². The number of nitrogens with one attached hydrogen (secondary N) is 1. The molecular formula is C15H11F2NO. The Bertz CT molecular complexity index is 629. The zero-order valence-electron chi connectivity index (χ0n) is 9.99. The van der Waals surface area contributed by atoms with E-state index in [1.54, 1.807) is 0 Å². The van der Waals surface area contributed by atoms with Crippen LogP contribution in [0.5, 0.6) is 0 Å². The molecule has 1 unspecified atom stereocenters. The summed E-state index contributed by atoms with van der Waals surface area (Å²) in [6.45, 7) is 0. The van der Waals surface area contributed by atoms with Crippen LogP contribution in [0, 0.1) is 11.6 Å². The summed E-state index contributed by atoms with van der Waals surface area (Å²) in [6, 6.07) is 10.1. The fourth-order valence-corrected chi connectivity index (χ4v) is 2.33. The second kappa shape index (κ2) is 4.46. The van der Waals surface area contributed by atoms with Crippen LogP contribution in [0.15, 0.2) is 42.5 Å². The Morgan fingerprint density at radius 1 is 1.16 bits per heavy atom. The van der Waals surface area contributed by atoms with E-state index in [9.17, 15) is 13.6 Å². The van der Waals surface area contributed by atoms with E-state index >= 15 is 0 Å². The minimum absolute atomic E-state index is 0.0771. The van der Waals surface area contributed by atoms with Crippen LogP contribution >= 0.6 is 0 Å². The van der Waals surface area contributed by atoms with Crippen LogP contribution in [0.1, 0.15) is 15.9 Å². The Balaban J connectivity index is 1.87. The SMILES string of the molecule is O=C(c1ccc(F)cc1F)C1Cc2ccccc2N1. The van der Waals surface area contributed by atoms with Gasteiger partial charge in [0.2, 0.25) is 0 Å². The van der Waals surface area contributed by atoms with E-state index < -0.39 is 17.7 Å². The second-order valence-electron chi connectivity index (χ2n) is 4.55. The first-order valence-corrected chi connectivity index (χ1v) is 5.99. The van der Waals surface area contributed by atoms with Crippen LogP contribution in [-0.4, -0.2) is 11.8 Å². The average molecular weight is 259 g/mol. The average Bonchev–Trinajstić information content (AvgIpc) is 2.81. The molecule has 0 aromatic heterocycles. The Hall–Kier alpha value is -2.23. The number of rotatable bonds is 2. The Morgan fingerprint density at radius 2 is 1.95 bits per heavy atom. The predicted octanol–water partition coefficient (Wildman–Crippen LogP) is 3.18. The monoisotopic (exact) mass is 259 g/mol. The van der Waals surface area contributed by atoms with E-state index in [2.05, 4.69) is 5.32 Å². The van der Waals surface area contributed by atoms with Crippen molar-refractivity contribution in [1.29, 1.82) is 0 Å². The van der Waals surface area contributed by atoms with Crippen LogP contribution in [0.25, 0.3) is 0 Å². The van der Waals surface area contributed by atoms with Gasteiger partial charge >= 0.3 is 0 Å². The van der Waals surface area contributed by atoms with E-state index in [4.69, 9.17) is 0 Å². The molecule has 1 N–H and O–H groups in total. The standard InChI is InChI=1S/C15H11F2NO/c16-10-5-6-11(12(17)8-10)15(19)14-7-9-3-1-2-4-13(9)18-14/h1-6,8,14,18H,7H2. The van der Waals surface area contributed by atoms with Gasteiger partial charge in [-0.2, -0.15) is 0 Å². The fraction of sp³-hybridized carbons (Fsp3) is 0.133. The highest BCUT2D eigenvalue weighted by molar-refractivity contribution is 6.03. The van der Waals surface area contributed by atoms with Crippen molar-refractivity contribution in [1.82, 2.24) is 0 Å². The molecule has 0 saturated heterocycles. The highest BCUT2D eigenvalue weighted by Crippen LogP contribution is 2.27. The van der Waals surface area contributed by atoms with Gasteiger partial charge in [0, 0.05) is 18.2 Å². The Kier molecular flexibility index (Phi) is 2.78. The van der Waals surface area contributed by atoms with Gasteiger partial charge in [-0.1, -0.05) is 18.2 Å². The molecule has 2 nitrogen and oxygen atoms in total. The van der Waals surface area contributed by atoms with Gasteiger partial charge in [-0.05, 0) is 23.8 Å². The second-order valence-corrected chi connectivity index (χ2v) is 4.55. The molecule has 96 valence electrons. The smallest absolute Gasteiger partial charge is 0.188 e. The third-order valence-electron chi connectivity index (χ3n) is 3.28. The molecule has 1 aliphatic rings. The number of Topliss-reactive ketones (excluding diaryl/α,β-unsaturated/α-hetero) is 1. The van der Waals surface area contributed by atoms with E-state index in [0.717, 1.165) is 23.4 Å². The molecule has 1 atom stereocenters. The summed E-state index contributed by atoms with van der Waals surface area (Å²) in [6.07, 6.45) is 0.520. The minimum Gasteiger partial charge on any atom is -0.374 e. The summed E-state index contributed by atoms with van der Waals surface area (Å²) in [5.41, 5.74) is 1.85. The zero-order chi connectivity index (χ0) is 13.4. The summed E-state index contributed by atoms with van der Waals surface area (Å²) in [7, 11) is 0. The lowest BCUT2D eigenvalue weighted by Crippen LogP contribution is -2.27. The lowest BCUT2D eigenvalue weighted by atomic mass is 10.0. The van der Waals surface area contributed by atoms with Crippen LogP contribution in [0.3, 0.4) is 0 Å². The van der Waals surface area contributed by atoms with Gasteiger partial charge in [0.25, 0.3) is 0 Å². The molecule has 0 amide bonds. The van der Waals surface area contributed by atoms with Crippen LogP contribution in [-0.2, 0) is 6.42 Å². The summed E-state index contributed by atoms with van der Waals surface area (Å²) in [4.78, 5) is 12.2. The molecule has 0 spiro atoms. The van der Waals surface area contributed by atoms with Gasteiger partial charge in [0.15, 0.2) is 5.78 Å². The predicted molar refractivity (Wildman–Crippen MR) is 68.2 cm³/mol. The van der Waals surface area contributed by atoms with E-state index in [1.165, 1.54) is 6.07 Å². The minimum atomic E-state index is -0.817. The van der Waals surface area contributed by atoms with Crippen molar-refractivity contribution >= 4 is 11.5 Å². The highest BCUT2D eigenvalue weighted by atomic mass is 19.1. The van der Waals surface area contributed by atoms with Gasteiger partial charge in [-0.15, -0.1) is 0 Å². The van der Waals surface area contributed by atoms with Gasteiger partial charge in [-0.25, -0.2) is 8.78 Å².